The van der Waals surface area contributed by atoms with Crippen LogP contribution in [0.1, 0.15) is 5.56 Å². The van der Waals surface area contributed by atoms with Crippen LogP contribution in [0.2, 0.25) is 0 Å². The number of fused-ring (bicyclic) bond motifs is 1. The van der Waals surface area contributed by atoms with Crippen LogP contribution in [0.5, 0.6) is 0 Å². The summed E-state index contributed by atoms with van der Waals surface area (Å²) in [6.45, 7) is 1.93. The molecule has 0 aliphatic rings. The van der Waals surface area contributed by atoms with E-state index in [-0.39, 0.29) is 5.56 Å². The Morgan fingerprint density at radius 3 is 2.78 bits per heavy atom. The molecule has 0 radical (unpaired) electrons. The minimum absolute atomic E-state index is 0.0950. The molecule has 3 aromatic heterocycles. The maximum absolute atomic E-state index is 12.4. The predicted molar refractivity (Wildman–Crippen MR) is 69.4 cm³/mol. The number of aromatic nitrogens is 3. The Labute approximate surface area is 104 Å². The van der Waals surface area contributed by atoms with Crippen molar-refractivity contribution in [3.8, 4) is 11.3 Å². The van der Waals surface area contributed by atoms with E-state index in [9.17, 15) is 4.79 Å². The van der Waals surface area contributed by atoms with Gasteiger partial charge in [-0.25, -0.2) is 4.98 Å². The van der Waals surface area contributed by atoms with Gasteiger partial charge in [-0.15, -0.1) is 0 Å². The molecule has 4 heteroatoms. The van der Waals surface area contributed by atoms with E-state index in [4.69, 9.17) is 0 Å². The molecule has 0 aliphatic heterocycles. The lowest BCUT2D eigenvalue weighted by atomic mass is 10.2. The maximum Gasteiger partial charge on any atom is 0.267 e. The Balaban J connectivity index is 2.35. The molecule has 0 saturated heterocycles. The largest absolute Gasteiger partial charge is 0.268 e. The Morgan fingerprint density at radius 1 is 1.11 bits per heavy atom. The fourth-order valence-corrected chi connectivity index (χ4v) is 1.94. The van der Waals surface area contributed by atoms with Crippen molar-refractivity contribution in [2.24, 2.45) is 0 Å². The number of hydrogen-bond donors (Lipinski definition) is 0. The van der Waals surface area contributed by atoms with Crippen molar-refractivity contribution in [1.82, 2.24) is 14.4 Å². The second-order valence-corrected chi connectivity index (χ2v) is 4.08. The summed E-state index contributed by atoms with van der Waals surface area (Å²) in [5.74, 6) is 0. The third-order valence-corrected chi connectivity index (χ3v) is 2.87. The molecule has 4 nitrogen and oxygen atoms in total. The molecule has 3 aromatic rings. The smallest absolute Gasteiger partial charge is 0.267 e. The monoisotopic (exact) mass is 237 g/mol. The summed E-state index contributed by atoms with van der Waals surface area (Å²) in [7, 11) is 0. The highest BCUT2D eigenvalue weighted by molar-refractivity contribution is 5.59. The van der Waals surface area contributed by atoms with Gasteiger partial charge in [-0.1, -0.05) is 12.1 Å². The maximum atomic E-state index is 12.4. The SMILES string of the molecule is Cc1cccn2c(=O)c(-c3ccccn3)cnc12. The molecule has 0 bridgehead atoms. The summed E-state index contributed by atoms with van der Waals surface area (Å²) >= 11 is 0. The second kappa shape index (κ2) is 4.07. The molecule has 3 rings (SSSR count). The standard InChI is InChI=1S/C14H11N3O/c1-10-5-4-8-17-13(10)16-9-11(14(17)18)12-6-2-3-7-15-12/h2-9H,1H3. The molecule has 0 unspecified atom stereocenters. The Bertz CT molecular complexity index is 763. The Hall–Kier alpha value is -2.49. The first-order valence-electron chi connectivity index (χ1n) is 5.66. The van der Waals surface area contributed by atoms with Gasteiger partial charge < -0.3 is 0 Å². The quantitative estimate of drug-likeness (QED) is 0.651. The van der Waals surface area contributed by atoms with Gasteiger partial charge in [-0.05, 0) is 30.7 Å². The lowest BCUT2D eigenvalue weighted by molar-refractivity contribution is 1.03. The molecule has 0 aromatic carbocycles. The Kier molecular flexibility index (Phi) is 2.41. The highest BCUT2D eigenvalue weighted by Gasteiger charge is 2.08. The topological polar surface area (TPSA) is 47.3 Å². The molecule has 0 spiro atoms. The number of hydrogen-bond acceptors (Lipinski definition) is 3. The number of pyridine rings is 2. The fourth-order valence-electron chi connectivity index (χ4n) is 1.94. The van der Waals surface area contributed by atoms with Gasteiger partial charge >= 0.3 is 0 Å². The zero-order valence-electron chi connectivity index (χ0n) is 9.87. The zero-order valence-corrected chi connectivity index (χ0v) is 9.87. The van der Waals surface area contributed by atoms with Crippen molar-refractivity contribution < 1.29 is 0 Å². The van der Waals surface area contributed by atoms with E-state index in [0.29, 0.717) is 16.9 Å². The minimum Gasteiger partial charge on any atom is -0.268 e. The fraction of sp³-hybridized carbons (Fsp3) is 0.0714. The van der Waals surface area contributed by atoms with Gasteiger partial charge in [-0.2, -0.15) is 0 Å². The summed E-state index contributed by atoms with van der Waals surface area (Å²) < 4.78 is 1.55. The van der Waals surface area contributed by atoms with E-state index in [0.717, 1.165) is 5.56 Å². The zero-order chi connectivity index (χ0) is 12.5. The molecule has 0 aliphatic carbocycles. The molecule has 0 saturated carbocycles. The van der Waals surface area contributed by atoms with Gasteiger partial charge in [-0.3, -0.25) is 14.2 Å². The predicted octanol–water partition coefficient (Wildman–Crippen LogP) is 2.06. The molecular weight excluding hydrogens is 226 g/mol. The first-order valence-corrected chi connectivity index (χ1v) is 5.66. The van der Waals surface area contributed by atoms with Crippen LogP contribution in [-0.2, 0) is 0 Å². The van der Waals surface area contributed by atoms with E-state index in [1.165, 1.54) is 0 Å². The molecule has 0 fully saturated rings. The number of rotatable bonds is 1. The van der Waals surface area contributed by atoms with Crippen molar-refractivity contribution in [2.45, 2.75) is 6.92 Å². The minimum atomic E-state index is -0.0950. The van der Waals surface area contributed by atoms with Crippen LogP contribution in [0.3, 0.4) is 0 Å². The van der Waals surface area contributed by atoms with Crippen LogP contribution in [0.15, 0.2) is 53.7 Å². The molecular formula is C14H11N3O. The van der Waals surface area contributed by atoms with Gasteiger partial charge in [0.25, 0.3) is 5.56 Å². The summed E-state index contributed by atoms with van der Waals surface area (Å²) in [6, 6.07) is 9.25. The van der Waals surface area contributed by atoms with Crippen LogP contribution in [0.4, 0.5) is 0 Å². The van der Waals surface area contributed by atoms with Crippen molar-refractivity contribution in [3.63, 3.8) is 0 Å². The van der Waals surface area contributed by atoms with E-state index in [2.05, 4.69) is 9.97 Å². The average molecular weight is 237 g/mol. The lowest BCUT2D eigenvalue weighted by Crippen LogP contribution is -2.17. The first kappa shape index (κ1) is 10.7. The van der Waals surface area contributed by atoms with Crippen LogP contribution in [-0.4, -0.2) is 14.4 Å². The summed E-state index contributed by atoms with van der Waals surface area (Å²) in [6.07, 6.45) is 4.98. The second-order valence-electron chi connectivity index (χ2n) is 4.08. The van der Waals surface area contributed by atoms with Crippen LogP contribution in [0.25, 0.3) is 16.9 Å². The van der Waals surface area contributed by atoms with Gasteiger partial charge in [0, 0.05) is 18.6 Å². The van der Waals surface area contributed by atoms with Crippen LogP contribution >= 0.6 is 0 Å². The molecule has 88 valence electrons. The average Bonchev–Trinajstić information content (AvgIpc) is 2.41. The summed E-state index contributed by atoms with van der Waals surface area (Å²) in [5.41, 5.74) is 2.72. The van der Waals surface area contributed by atoms with Crippen molar-refractivity contribution in [2.75, 3.05) is 0 Å². The molecule has 3 heterocycles. The summed E-state index contributed by atoms with van der Waals surface area (Å²) in [5, 5.41) is 0. The van der Waals surface area contributed by atoms with Gasteiger partial charge in [0.05, 0.1) is 11.3 Å². The van der Waals surface area contributed by atoms with Gasteiger partial charge in [0.2, 0.25) is 0 Å². The number of aryl methyl sites for hydroxylation is 1. The van der Waals surface area contributed by atoms with E-state index in [1.54, 1.807) is 29.1 Å². The molecule has 18 heavy (non-hydrogen) atoms. The molecule has 0 amide bonds. The summed E-state index contributed by atoms with van der Waals surface area (Å²) in [4.78, 5) is 20.9. The van der Waals surface area contributed by atoms with Crippen LogP contribution in [0, 0.1) is 6.92 Å². The van der Waals surface area contributed by atoms with Gasteiger partial charge in [0.1, 0.15) is 5.65 Å². The van der Waals surface area contributed by atoms with Crippen LogP contribution < -0.4 is 5.56 Å². The third-order valence-electron chi connectivity index (χ3n) is 2.87. The first-order chi connectivity index (χ1) is 8.77. The third kappa shape index (κ3) is 1.59. The van der Waals surface area contributed by atoms with Crippen molar-refractivity contribution in [3.05, 3.63) is 64.8 Å². The molecule has 0 atom stereocenters. The number of nitrogens with zero attached hydrogens (tertiary/aromatic N) is 3. The Morgan fingerprint density at radius 2 is 2.00 bits per heavy atom. The molecule has 0 N–H and O–H groups in total. The van der Waals surface area contributed by atoms with E-state index >= 15 is 0 Å². The van der Waals surface area contributed by atoms with Crippen molar-refractivity contribution >= 4 is 5.65 Å². The normalized spacial score (nSPS) is 10.7. The van der Waals surface area contributed by atoms with E-state index < -0.39 is 0 Å². The van der Waals surface area contributed by atoms with E-state index in [1.807, 2.05) is 31.2 Å². The van der Waals surface area contributed by atoms with Crippen molar-refractivity contribution in [1.29, 1.82) is 0 Å². The van der Waals surface area contributed by atoms with Gasteiger partial charge in [0.15, 0.2) is 0 Å². The lowest BCUT2D eigenvalue weighted by Gasteiger charge is -2.05. The highest BCUT2D eigenvalue weighted by atomic mass is 16.1. The highest BCUT2D eigenvalue weighted by Crippen LogP contribution is 2.12.